The molecule has 10 nitrogen and oxygen atoms in total. The summed E-state index contributed by atoms with van der Waals surface area (Å²) in [6.07, 6.45) is 6.56. The van der Waals surface area contributed by atoms with Crippen LogP contribution in [0.15, 0.2) is 54.9 Å². The highest BCUT2D eigenvalue weighted by molar-refractivity contribution is 7.21. The second kappa shape index (κ2) is 10.6. The zero-order valence-corrected chi connectivity index (χ0v) is 22.9. The normalized spacial score (nSPS) is 18.2. The Balaban J connectivity index is 1.28. The number of benzene rings is 1. The summed E-state index contributed by atoms with van der Waals surface area (Å²) < 4.78 is 5.86. The van der Waals surface area contributed by atoms with Gasteiger partial charge in [-0.3, -0.25) is 14.5 Å². The number of carbonyl (C=O) groups excluding carboxylic acids is 3. The van der Waals surface area contributed by atoms with Gasteiger partial charge in [-0.2, -0.15) is 0 Å². The molecule has 3 aromatic heterocycles. The lowest BCUT2D eigenvalue weighted by atomic mass is 9.91. The van der Waals surface area contributed by atoms with Crippen molar-refractivity contribution in [3.8, 4) is 11.6 Å². The van der Waals surface area contributed by atoms with Crippen LogP contribution < -0.4 is 25.6 Å². The van der Waals surface area contributed by atoms with Crippen molar-refractivity contribution in [3.63, 3.8) is 0 Å². The third-order valence-corrected chi connectivity index (χ3v) is 8.23. The maximum absolute atomic E-state index is 13.5. The van der Waals surface area contributed by atoms with E-state index in [9.17, 15) is 14.4 Å². The van der Waals surface area contributed by atoms with Crippen molar-refractivity contribution < 1.29 is 19.1 Å². The summed E-state index contributed by atoms with van der Waals surface area (Å²) >= 11 is 1.25. The number of urea groups is 1. The van der Waals surface area contributed by atoms with E-state index in [2.05, 4.69) is 25.9 Å². The first-order chi connectivity index (χ1) is 19.4. The van der Waals surface area contributed by atoms with E-state index in [0.29, 0.717) is 50.2 Å². The first-order valence-corrected chi connectivity index (χ1v) is 14.0. The molecule has 2 aliphatic rings. The molecule has 1 saturated carbocycles. The van der Waals surface area contributed by atoms with Crippen molar-refractivity contribution in [2.24, 2.45) is 0 Å². The van der Waals surface area contributed by atoms with Gasteiger partial charge in [-0.25, -0.2) is 14.8 Å². The number of rotatable bonds is 6. The number of amides is 4. The standard InChI is InChI=1S/C29H28N6O4S/c1-16-13-23(39-20-9-4-3-5-10-20)31-15-22(16)35-21-11-12-30-28-24(21)25(34-29(35)38)26(40-28)27(37)33-19-8-6-7-18(14-19)32-17(2)36/h3-5,9-13,15,18-19H,6-8,14H2,1-2H3,(H,32,36)(H,33,37)(H,34,38)/t18-,19-/m0/s1. The zero-order chi connectivity index (χ0) is 27.8. The molecule has 1 aromatic carbocycles. The predicted octanol–water partition coefficient (Wildman–Crippen LogP) is 5.65. The third-order valence-electron chi connectivity index (χ3n) is 7.13. The van der Waals surface area contributed by atoms with Crippen LogP contribution in [0.1, 0.15) is 47.8 Å². The number of anilines is 3. The van der Waals surface area contributed by atoms with Crippen LogP contribution in [0, 0.1) is 6.92 Å². The van der Waals surface area contributed by atoms with Crippen molar-refractivity contribution >= 4 is 56.5 Å². The molecule has 0 spiro atoms. The molecule has 2 atom stereocenters. The Hall–Kier alpha value is -4.51. The molecule has 3 N–H and O–H groups in total. The minimum Gasteiger partial charge on any atom is -0.439 e. The molecule has 0 radical (unpaired) electrons. The number of nitrogens with one attached hydrogen (secondary N) is 3. The van der Waals surface area contributed by atoms with Crippen molar-refractivity contribution in [2.75, 3.05) is 10.2 Å². The number of pyridine rings is 2. The Morgan fingerprint density at radius 1 is 1.07 bits per heavy atom. The van der Waals surface area contributed by atoms with Crippen LogP contribution in [0.3, 0.4) is 0 Å². The maximum Gasteiger partial charge on any atom is 0.331 e. The number of hydrogen-bond donors (Lipinski definition) is 3. The Morgan fingerprint density at radius 3 is 2.60 bits per heavy atom. The Morgan fingerprint density at radius 2 is 1.85 bits per heavy atom. The Labute approximate surface area is 234 Å². The summed E-state index contributed by atoms with van der Waals surface area (Å²) in [5.74, 6) is 0.761. The smallest absolute Gasteiger partial charge is 0.331 e. The summed E-state index contributed by atoms with van der Waals surface area (Å²) in [7, 11) is 0. The van der Waals surface area contributed by atoms with Crippen LogP contribution in [-0.4, -0.2) is 39.9 Å². The summed E-state index contributed by atoms with van der Waals surface area (Å²) in [6, 6.07) is 12.5. The van der Waals surface area contributed by atoms with Gasteiger partial charge in [-0.1, -0.05) is 18.2 Å². The lowest BCUT2D eigenvalue weighted by Gasteiger charge is -2.30. The van der Waals surface area contributed by atoms with Gasteiger partial charge < -0.3 is 20.7 Å². The van der Waals surface area contributed by atoms with E-state index in [1.54, 1.807) is 29.4 Å². The molecule has 1 fully saturated rings. The number of para-hydroxylation sites is 1. The highest BCUT2D eigenvalue weighted by Crippen LogP contribution is 2.46. The Bertz CT molecular complexity index is 1620. The number of hydrogen-bond acceptors (Lipinski definition) is 7. The van der Waals surface area contributed by atoms with Gasteiger partial charge in [0.15, 0.2) is 0 Å². The molecule has 6 rings (SSSR count). The van der Waals surface area contributed by atoms with E-state index >= 15 is 0 Å². The van der Waals surface area contributed by atoms with Gasteiger partial charge in [0, 0.05) is 31.3 Å². The highest BCUT2D eigenvalue weighted by atomic mass is 32.1. The number of ether oxygens (including phenoxy) is 1. The second-order valence-electron chi connectivity index (χ2n) is 10.0. The number of thiophene rings is 1. The number of carbonyl (C=O) groups is 3. The van der Waals surface area contributed by atoms with Crippen LogP contribution in [0.4, 0.5) is 21.9 Å². The lowest BCUT2D eigenvalue weighted by Crippen LogP contribution is -2.45. The first-order valence-electron chi connectivity index (χ1n) is 13.2. The number of aromatic nitrogens is 2. The van der Waals surface area contributed by atoms with Gasteiger partial charge in [-0.05, 0) is 56.4 Å². The topological polar surface area (TPSA) is 126 Å². The summed E-state index contributed by atoms with van der Waals surface area (Å²) in [6.45, 7) is 3.39. The second-order valence-corrected chi connectivity index (χ2v) is 11.0. The van der Waals surface area contributed by atoms with Crippen LogP contribution in [0.5, 0.6) is 11.6 Å². The van der Waals surface area contributed by atoms with Crippen LogP contribution in [0.2, 0.25) is 0 Å². The molecule has 0 saturated heterocycles. The molecule has 4 aromatic rings. The zero-order valence-electron chi connectivity index (χ0n) is 22.1. The van der Waals surface area contributed by atoms with Crippen LogP contribution >= 0.6 is 11.3 Å². The summed E-state index contributed by atoms with van der Waals surface area (Å²) in [5.41, 5.74) is 2.48. The fourth-order valence-corrected chi connectivity index (χ4v) is 6.42. The first kappa shape index (κ1) is 25.8. The van der Waals surface area contributed by atoms with E-state index in [0.717, 1.165) is 24.8 Å². The quantitative estimate of drug-likeness (QED) is 0.282. The molecule has 4 amide bonds. The van der Waals surface area contributed by atoms with E-state index < -0.39 is 6.03 Å². The molecule has 1 aliphatic carbocycles. The molecule has 0 bridgehead atoms. The van der Waals surface area contributed by atoms with E-state index in [1.807, 2.05) is 37.3 Å². The van der Waals surface area contributed by atoms with Crippen molar-refractivity contribution in [1.82, 2.24) is 20.6 Å². The average molecular weight is 557 g/mol. The van der Waals surface area contributed by atoms with Gasteiger partial charge >= 0.3 is 6.03 Å². The monoisotopic (exact) mass is 556 g/mol. The minimum atomic E-state index is -0.391. The maximum atomic E-state index is 13.5. The molecule has 11 heteroatoms. The molecule has 0 unspecified atom stereocenters. The van der Waals surface area contributed by atoms with Crippen molar-refractivity contribution in [1.29, 1.82) is 0 Å². The van der Waals surface area contributed by atoms with E-state index in [1.165, 1.54) is 18.3 Å². The Kier molecular flexibility index (Phi) is 6.81. The molecular weight excluding hydrogens is 528 g/mol. The largest absolute Gasteiger partial charge is 0.439 e. The number of aryl methyl sites for hydroxylation is 1. The van der Waals surface area contributed by atoms with E-state index in [4.69, 9.17) is 4.74 Å². The van der Waals surface area contributed by atoms with Gasteiger partial charge in [0.1, 0.15) is 15.5 Å². The van der Waals surface area contributed by atoms with E-state index in [-0.39, 0.29) is 23.9 Å². The average Bonchev–Trinajstić information content (AvgIpc) is 3.29. The van der Waals surface area contributed by atoms with Crippen LogP contribution in [0.25, 0.3) is 10.2 Å². The van der Waals surface area contributed by atoms with Gasteiger partial charge in [0.25, 0.3) is 5.91 Å². The fourth-order valence-electron chi connectivity index (χ4n) is 5.40. The van der Waals surface area contributed by atoms with Gasteiger partial charge in [0.05, 0.1) is 28.6 Å². The summed E-state index contributed by atoms with van der Waals surface area (Å²) in [5, 5.41) is 9.72. The van der Waals surface area contributed by atoms with Gasteiger partial charge in [-0.15, -0.1) is 11.3 Å². The molecule has 1 aliphatic heterocycles. The molecule has 4 heterocycles. The molecule has 40 heavy (non-hydrogen) atoms. The fraction of sp³-hybridized carbons (Fsp3) is 0.276. The third kappa shape index (κ3) is 4.95. The summed E-state index contributed by atoms with van der Waals surface area (Å²) in [4.78, 5) is 50.0. The van der Waals surface area contributed by atoms with Crippen molar-refractivity contribution in [2.45, 2.75) is 51.6 Å². The lowest BCUT2D eigenvalue weighted by molar-refractivity contribution is -0.119. The molecule has 204 valence electrons. The van der Waals surface area contributed by atoms with Gasteiger partial charge in [0.2, 0.25) is 11.8 Å². The highest BCUT2D eigenvalue weighted by Gasteiger charge is 2.34. The SMILES string of the molecule is CC(=O)N[C@H]1CCC[C@H](NC(=O)c2sc3nccc4c3c2NC(=O)N4c2cnc(Oc3ccccc3)cc2C)C1. The predicted molar refractivity (Wildman–Crippen MR) is 154 cm³/mol. The molecular formula is C29H28N6O4S. The number of nitrogens with zero attached hydrogens (tertiary/aromatic N) is 3. The van der Waals surface area contributed by atoms with Crippen molar-refractivity contribution in [3.05, 3.63) is 65.3 Å². The minimum absolute atomic E-state index is 0.0418. The van der Waals surface area contributed by atoms with Crippen LogP contribution in [-0.2, 0) is 4.79 Å².